The van der Waals surface area contributed by atoms with Crippen LogP contribution in [-0.2, 0) is 72.8 Å². The fraction of sp³-hybridized carbons (Fsp3) is 0.712. The Morgan fingerprint density at radius 3 is 1.76 bits per heavy atom. The summed E-state index contributed by atoms with van der Waals surface area (Å²) >= 11 is 0. The number of ketones is 3. The van der Waals surface area contributed by atoms with Crippen LogP contribution in [0.15, 0.2) is 30.3 Å². The van der Waals surface area contributed by atoms with Gasteiger partial charge in [-0.3, -0.25) is 57.3 Å². The first-order valence-electron chi connectivity index (χ1n) is 31.2. The lowest BCUT2D eigenvalue weighted by Crippen LogP contribution is -2.59. The quantitative estimate of drug-likeness (QED) is 0.0274. The number of aliphatic hydroxyl groups excluding tert-OH is 2. The second-order valence-corrected chi connectivity index (χ2v) is 25.2. The molecular weight excluding hydrogens is 1220 g/mol. The van der Waals surface area contributed by atoms with Crippen molar-refractivity contribution in [3.63, 3.8) is 0 Å². The summed E-state index contributed by atoms with van der Waals surface area (Å²) in [6.45, 7) is 6.68. The zero-order valence-electron chi connectivity index (χ0n) is 53.1. The van der Waals surface area contributed by atoms with Gasteiger partial charge in [0.15, 0.2) is 17.3 Å². The maximum atomic E-state index is 15.8. The van der Waals surface area contributed by atoms with Crippen molar-refractivity contribution in [2.24, 2.45) is 52.3 Å². The molecular formula is C59H100F2N13O16P. The van der Waals surface area contributed by atoms with Crippen LogP contribution in [0, 0.1) is 23.7 Å². The molecule has 0 aromatic heterocycles. The van der Waals surface area contributed by atoms with Crippen LogP contribution in [0.2, 0.25) is 0 Å². The number of Topliss-reactive ketones (excluding diaryl/α,β-unsaturated/α-hetero) is 3. The molecule has 3 unspecified atom stereocenters. The van der Waals surface area contributed by atoms with Gasteiger partial charge in [0, 0.05) is 44.1 Å². The second kappa shape index (κ2) is 41.3. The molecule has 1 heterocycles. The fourth-order valence-electron chi connectivity index (χ4n) is 9.75. The molecule has 29 nitrogen and oxygen atoms in total. The molecule has 1 saturated heterocycles. The van der Waals surface area contributed by atoms with Crippen LogP contribution in [0.4, 0.5) is 8.78 Å². The van der Waals surface area contributed by atoms with Crippen LogP contribution in [0.3, 0.4) is 0 Å². The van der Waals surface area contributed by atoms with Crippen molar-refractivity contribution in [2.45, 2.75) is 192 Å². The highest BCUT2D eigenvalue weighted by molar-refractivity contribution is 7.56. The summed E-state index contributed by atoms with van der Waals surface area (Å²) in [4.78, 5) is 155. The highest BCUT2D eigenvalue weighted by Crippen LogP contribution is 2.62. The SMILES string of the molecule is CCCCOP(=O)(OCCC)C(F)(F)C(=O)N[C@@H](CCN)C(=O)C[C@H](C(=O)N[C@@H](CCN)C(=O)C[C@H]1CCNC(=O)[C@H](C(C)O)NC(=O)[C@H](CCN)CC(=O)[C@H](CCN)NC(=O)[C@H](CC(C)C)NC(=O)[C@@H](Cc2ccccc2)NC(=O)[C@H](CCN)NC1=O)C(C)O. The van der Waals surface area contributed by atoms with Crippen molar-refractivity contribution >= 4 is 72.2 Å². The average molecular weight is 1320 g/mol. The smallest absolute Gasteiger partial charge is 0.393 e. The lowest BCUT2D eigenvalue weighted by molar-refractivity contribution is -0.141. The molecule has 0 bridgehead atoms. The number of nitrogens with one attached hydrogen (secondary N) is 8. The summed E-state index contributed by atoms with van der Waals surface area (Å²) in [5, 5.41) is 41.6. The van der Waals surface area contributed by atoms with Crippen LogP contribution in [0.25, 0.3) is 0 Å². The van der Waals surface area contributed by atoms with Crippen molar-refractivity contribution in [1.29, 1.82) is 0 Å². The number of carbonyl (C=O) groups is 11. The summed E-state index contributed by atoms with van der Waals surface area (Å²) in [6, 6.07) is -2.13. The Balaban J connectivity index is 2.71. The number of amides is 8. The van der Waals surface area contributed by atoms with Gasteiger partial charge in [-0.05, 0) is 116 Å². The van der Waals surface area contributed by atoms with E-state index in [1.807, 2.05) is 5.32 Å². The van der Waals surface area contributed by atoms with Gasteiger partial charge < -0.3 is 90.5 Å². The first-order chi connectivity index (χ1) is 43.0. The van der Waals surface area contributed by atoms with E-state index in [-0.39, 0.29) is 90.0 Å². The number of alkyl halides is 2. The van der Waals surface area contributed by atoms with Gasteiger partial charge in [0.1, 0.15) is 24.2 Å². The predicted octanol–water partition coefficient (Wildman–Crippen LogP) is -1.55. The van der Waals surface area contributed by atoms with E-state index < -0.39 is 202 Å². The van der Waals surface area contributed by atoms with Gasteiger partial charge in [0.2, 0.25) is 41.4 Å². The molecule has 2 rings (SSSR count). The maximum absolute atomic E-state index is 15.8. The molecule has 91 heavy (non-hydrogen) atoms. The number of hydrogen-bond acceptors (Lipinski definition) is 21. The van der Waals surface area contributed by atoms with Gasteiger partial charge >= 0.3 is 19.2 Å². The number of unbranched alkanes of at least 4 members (excludes halogenated alkanes) is 1. The highest BCUT2D eigenvalue weighted by Gasteiger charge is 2.60. The molecule has 1 aromatic rings. The summed E-state index contributed by atoms with van der Waals surface area (Å²) in [7, 11) is -5.48. The molecule has 0 radical (unpaired) electrons. The molecule has 20 N–H and O–H groups in total. The number of halogens is 2. The number of rotatable bonds is 34. The van der Waals surface area contributed by atoms with Crippen LogP contribution < -0.4 is 71.2 Å². The topological polar surface area (TPSA) is 490 Å². The van der Waals surface area contributed by atoms with Crippen LogP contribution in [0.5, 0.6) is 0 Å². The Kier molecular flexibility index (Phi) is 36.7. The third kappa shape index (κ3) is 26.7. The van der Waals surface area contributed by atoms with Crippen LogP contribution in [-0.4, -0.2) is 187 Å². The molecule has 8 amide bonds. The zero-order valence-corrected chi connectivity index (χ0v) is 54.0. The minimum absolute atomic E-state index is 0.0393. The van der Waals surface area contributed by atoms with Crippen molar-refractivity contribution in [3.8, 4) is 0 Å². The molecule has 516 valence electrons. The molecule has 0 saturated carbocycles. The zero-order chi connectivity index (χ0) is 68.6. The summed E-state index contributed by atoms with van der Waals surface area (Å²) in [5.41, 5.74) is 25.1. The van der Waals surface area contributed by atoms with E-state index in [9.17, 15) is 67.5 Å². The highest BCUT2D eigenvalue weighted by atomic mass is 31.2. The molecule has 1 aliphatic heterocycles. The van der Waals surface area contributed by atoms with E-state index in [4.69, 9.17) is 37.7 Å². The second-order valence-electron chi connectivity index (χ2n) is 23.2. The normalized spacial score (nSPS) is 22.9. The molecule has 32 heteroatoms. The fourth-order valence-corrected chi connectivity index (χ4v) is 11.3. The molecule has 1 fully saturated rings. The summed E-state index contributed by atoms with van der Waals surface area (Å²) < 4.78 is 54.8. The Hall–Kier alpha value is -6.28. The van der Waals surface area contributed by atoms with Gasteiger partial charge in [-0.2, -0.15) is 8.78 Å². The van der Waals surface area contributed by atoms with E-state index in [1.54, 1.807) is 51.1 Å². The summed E-state index contributed by atoms with van der Waals surface area (Å²) in [5.74, 6) is -16.0. The van der Waals surface area contributed by atoms with Crippen molar-refractivity contribution in [3.05, 3.63) is 35.9 Å². The lowest BCUT2D eigenvalue weighted by Gasteiger charge is -2.28. The Morgan fingerprint density at radius 2 is 1.20 bits per heavy atom. The van der Waals surface area contributed by atoms with Crippen LogP contribution >= 0.6 is 7.60 Å². The van der Waals surface area contributed by atoms with E-state index >= 15 is 8.78 Å². The average Bonchev–Trinajstić information content (AvgIpc) is 1.08. The number of hydrogen-bond donors (Lipinski definition) is 15. The van der Waals surface area contributed by atoms with E-state index in [2.05, 4.69) is 37.2 Å². The first-order valence-corrected chi connectivity index (χ1v) is 32.7. The third-order valence-corrected chi connectivity index (χ3v) is 16.9. The van der Waals surface area contributed by atoms with Gasteiger partial charge in [-0.25, -0.2) is 0 Å². The Labute approximate surface area is 530 Å². The van der Waals surface area contributed by atoms with E-state index in [0.29, 0.717) is 12.0 Å². The predicted molar refractivity (Wildman–Crippen MR) is 331 cm³/mol. The standard InChI is InChI=1S/C59H100F2N13O16P/c1-7-9-28-90-91(88,89-27-8-2)59(60,61)58(87)73-43(18-24-65)49(79)33-40(35(5)75)53(82)68-41(16-22-63)48(78)32-39-20-26-67-57(86)50(36(6)76)74-52(81)38(15-21-62)31-47(77)42(17-23-64)69-55(84)45(29-34(3)4)71-56(85)46(30-37-13-11-10-12-14-37)72-54(83)44(19-25-66)70-51(39)80/h10-14,34-36,38-46,50,75-76H,7-9,15-33,62-66H2,1-6H3,(H,67,86)(H,68,82)(H,69,84)(H,70,80)(H,71,85)(H,72,83)(H,73,87)(H,74,81)/t35?,36?,38-,39-,40+,41+,42+,43+,44+,45+,46-,50+,91?/m1/s1. The molecule has 0 spiro atoms. The van der Waals surface area contributed by atoms with Crippen LogP contribution in [0.1, 0.15) is 131 Å². The largest absolute Gasteiger partial charge is 0.421 e. The van der Waals surface area contributed by atoms with Gasteiger partial charge in [-0.1, -0.05) is 64.4 Å². The third-order valence-electron chi connectivity index (χ3n) is 15.0. The minimum atomic E-state index is -5.48. The minimum Gasteiger partial charge on any atom is -0.393 e. The number of carbonyl (C=O) groups excluding carboxylic acids is 11. The molecule has 1 aliphatic rings. The van der Waals surface area contributed by atoms with Gasteiger partial charge in [-0.15, -0.1) is 0 Å². The van der Waals surface area contributed by atoms with Gasteiger partial charge in [0.05, 0.1) is 49.5 Å². The maximum Gasteiger partial charge on any atom is 0.421 e. The lowest BCUT2D eigenvalue weighted by atomic mass is 9.90. The van der Waals surface area contributed by atoms with E-state index in [1.165, 1.54) is 13.8 Å². The Morgan fingerprint density at radius 1 is 0.659 bits per heavy atom. The monoisotopic (exact) mass is 1320 g/mol. The number of aliphatic hydroxyl groups is 2. The number of nitrogens with two attached hydrogens (primary N) is 5. The number of benzene rings is 1. The van der Waals surface area contributed by atoms with Crippen molar-refractivity contribution in [2.75, 3.05) is 52.5 Å². The van der Waals surface area contributed by atoms with Crippen molar-refractivity contribution < 1.29 is 85.3 Å². The molecule has 1 aromatic carbocycles. The molecule has 0 aliphatic carbocycles. The van der Waals surface area contributed by atoms with E-state index in [0.717, 1.165) is 6.92 Å². The van der Waals surface area contributed by atoms with Crippen molar-refractivity contribution in [1.82, 2.24) is 42.5 Å². The molecule has 13 atom stereocenters. The summed E-state index contributed by atoms with van der Waals surface area (Å²) in [6.07, 6.45) is -6.45. The van der Waals surface area contributed by atoms with Gasteiger partial charge in [0.25, 0.3) is 0 Å². The Bertz CT molecular complexity index is 2590. The first kappa shape index (κ1) is 80.8.